The second-order valence-electron chi connectivity index (χ2n) is 0.0816. The van der Waals surface area contributed by atoms with Gasteiger partial charge in [-0.1, -0.05) is 0 Å². The standard InChI is InChI=1S/2CH3.HO2P.Zr/c;;1-3-2;/h2*1H3;(H,1,2);/q2*-1;;+2. The quantitative estimate of drug-likeness (QED) is 0.453. The monoisotopic (exact) mass is 184 g/mol. The van der Waals surface area contributed by atoms with Crippen molar-refractivity contribution in [2.24, 2.45) is 0 Å². The maximum atomic E-state index is 8.46. The van der Waals surface area contributed by atoms with Gasteiger partial charge in [0.25, 0.3) is 0 Å². The Morgan fingerprint density at radius 1 is 1.33 bits per heavy atom. The molecule has 0 bridgehead atoms. The van der Waals surface area contributed by atoms with Gasteiger partial charge in [-0.3, -0.25) is 0 Å². The van der Waals surface area contributed by atoms with E-state index in [2.05, 4.69) is 0 Å². The minimum absolute atomic E-state index is 0. The van der Waals surface area contributed by atoms with Gasteiger partial charge in [-0.15, -0.1) is 0 Å². The first-order valence-electron chi connectivity index (χ1n) is 0.383. The van der Waals surface area contributed by atoms with Crippen molar-refractivity contribution >= 4 is 8.69 Å². The van der Waals surface area contributed by atoms with Gasteiger partial charge in [0.2, 0.25) is 0 Å². The van der Waals surface area contributed by atoms with Gasteiger partial charge in [0.1, 0.15) is 0 Å². The summed E-state index contributed by atoms with van der Waals surface area (Å²) >= 11 is 0. The van der Waals surface area contributed by atoms with Crippen molar-refractivity contribution in [3.63, 3.8) is 0 Å². The maximum Gasteiger partial charge on any atom is 2.00 e. The van der Waals surface area contributed by atoms with Crippen molar-refractivity contribution in [1.29, 1.82) is 0 Å². The zero-order valence-electron chi connectivity index (χ0n) is 3.80. The Hall–Kier alpha value is 0.943. The molecule has 4 heteroatoms. The molecule has 1 N–H and O–H groups in total. The Balaban J connectivity index is -0.00000000667. The number of hydrogen-bond acceptors (Lipinski definition) is 1. The van der Waals surface area contributed by atoms with Gasteiger partial charge in [-0.25, -0.2) is 4.57 Å². The molecule has 0 aliphatic heterocycles. The summed E-state index contributed by atoms with van der Waals surface area (Å²) in [5.74, 6) is 0. The maximum absolute atomic E-state index is 8.46. The molecule has 0 aromatic rings. The third-order valence-electron chi connectivity index (χ3n) is 0. The van der Waals surface area contributed by atoms with Crippen LogP contribution < -0.4 is 0 Å². The van der Waals surface area contributed by atoms with Gasteiger partial charge >= 0.3 is 34.9 Å². The van der Waals surface area contributed by atoms with Crippen molar-refractivity contribution in [1.82, 2.24) is 0 Å². The predicted molar refractivity (Wildman–Crippen MR) is 22.7 cm³/mol. The molecule has 0 rings (SSSR count). The fourth-order valence-corrected chi connectivity index (χ4v) is 0. The normalized spacial score (nSPS) is 3.50. The molecule has 0 aliphatic carbocycles. The summed E-state index contributed by atoms with van der Waals surface area (Å²) in [6.45, 7) is 0. The molecule has 0 amide bonds. The van der Waals surface area contributed by atoms with Crippen LogP contribution in [0.5, 0.6) is 0 Å². The van der Waals surface area contributed by atoms with Crippen molar-refractivity contribution in [2.45, 2.75) is 0 Å². The molecule has 0 radical (unpaired) electrons. The molecule has 0 heterocycles. The molecule has 0 saturated heterocycles. The topological polar surface area (TPSA) is 37.3 Å². The van der Waals surface area contributed by atoms with Gasteiger partial charge in [0.05, 0.1) is 0 Å². The van der Waals surface area contributed by atoms with Crippen LogP contribution in [0.1, 0.15) is 0 Å². The predicted octanol–water partition coefficient (Wildman–Crippen LogP) is 1.08. The average molecular weight is 185 g/mol. The van der Waals surface area contributed by atoms with E-state index in [9.17, 15) is 0 Å². The first-order chi connectivity index (χ1) is 1.41. The van der Waals surface area contributed by atoms with Crippen LogP contribution in [0.4, 0.5) is 0 Å². The summed E-state index contributed by atoms with van der Waals surface area (Å²) in [6, 6.07) is 0. The van der Waals surface area contributed by atoms with Crippen LogP contribution >= 0.6 is 8.69 Å². The summed E-state index contributed by atoms with van der Waals surface area (Å²) in [5, 5.41) is 0. The van der Waals surface area contributed by atoms with Crippen molar-refractivity contribution in [3.05, 3.63) is 14.9 Å². The van der Waals surface area contributed by atoms with Crippen LogP contribution in [0.25, 0.3) is 0 Å². The van der Waals surface area contributed by atoms with Gasteiger partial charge in [-0.2, -0.15) is 0 Å². The van der Waals surface area contributed by atoms with Crippen molar-refractivity contribution < 1.29 is 35.7 Å². The molecule has 0 unspecified atom stereocenters. The average Bonchev–Trinajstić information content (AvgIpc) is 0.918. The van der Waals surface area contributed by atoms with Crippen LogP contribution in [0.15, 0.2) is 0 Å². The van der Waals surface area contributed by atoms with Gasteiger partial charge in [-0.05, 0) is 0 Å². The molecule has 0 atom stereocenters. The van der Waals surface area contributed by atoms with E-state index in [4.69, 9.17) is 9.46 Å². The van der Waals surface area contributed by atoms with E-state index < -0.39 is 8.69 Å². The van der Waals surface area contributed by atoms with Crippen LogP contribution in [0, 0.1) is 14.9 Å². The molecule has 0 fully saturated rings. The second kappa shape index (κ2) is 38.5. The molecule has 0 saturated carbocycles. The van der Waals surface area contributed by atoms with Crippen LogP contribution in [0.3, 0.4) is 0 Å². The largest absolute Gasteiger partial charge is 2.00 e. The van der Waals surface area contributed by atoms with E-state index in [1.165, 1.54) is 0 Å². The zero-order valence-corrected chi connectivity index (χ0v) is 7.16. The molecule has 0 aromatic heterocycles. The Labute approximate surface area is 59.4 Å². The first-order valence-corrected chi connectivity index (χ1v) is 1.15. The Morgan fingerprint density at radius 3 is 1.33 bits per heavy atom. The number of hydrogen-bond donors (Lipinski definition) is 1. The molecule has 6 heavy (non-hydrogen) atoms. The van der Waals surface area contributed by atoms with Crippen LogP contribution in [-0.4, -0.2) is 4.89 Å². The molecule has 2 nitrogen and oxygen atoms in total. The first kappa shape index (κ1) is 28.3. The fraction of sp³-hybridized carbons (Fsp3) is 0. The van der Waals surface area contributed by atoms with Gasteiger partial charge in [0.15, 0.2) is 0 Å². The SMILES string of the molecule is O=PO.[CH3-].[CH3-].[Zr+2]. The summed E-state index contributed by atoms with van der Waals surface area (Å²) < 4.78 is 8.46. The number of rotatable bonds is 0. The Bertz CT molecular complexity index is 19.0. The smallest absolute Gasteiger partial charge is 0.358 e. The van der Waals surface area contributed by atoms with E-state index in [1.807, 2.05) is 0 Å². The van der Waals surface area contributed by atoms with E-state index in [0.717, 1.165) is 0 Å². The molecular formula is C2H7O2PZr. The van der Waals surface area contributed by atoms with E-state index in [0.29, 0.717) is 0 Å². The van der Waals surface area contributed by atoms with Crippen LogP contribution in [0.2, 0.25) is 0 Å². The Kier molecular flexibility index (Phi) is 181. The van der Waals surface area contributed by atoms with Crippen molar-refractivity contribution in [2.75, 3.05) is 0 Å². The van der Waals surface area contributed by atoms with Crippen LogP contribution in [-0.2, 0) is 30.8 Å². The second-order valence-corrected chi connectivity index (χ2v) is 0.245. The third kappa shape index (κ3) is 86.4. The van der Waals surface area contributed by atoms with Crippen molar-refractivity contribution in [3.8, 4) is 0 Å². The van der Waals surface area contributed by atoms with Gasteiger partial charge in [0, 0.05) is 0 Å². The Morgan fingerprint density at radius 2 is 1.33 bits per heavy atom. The molecule has 36 valence electrons. The van der Waals surface area contributed by atoms with E-state index >= 15 is 0 Å². The molecule has 0 aromatic carbocycles. The summed E-state index contributed by atoms with van der Waals surface area (Å²) in [6.07, 6.45) is 0. The third-order valence-corrected chi connectivity index (χ3v) is 0. The minimum atomic E-state index is -0.833. The zero-order chi connectivity index (χ0) is 2.71. The summed E-state index contributed by atoms with van der Waals surface area (Å²) in [5.41, 5.74) is 0. The fourth-order valence-electron chi connectivity index (χ4n) is 0. The minimum Gasteiger partial charge on any atom is -0.358 e. The molecular weight excluding hydrogens is 178 g/mol. The summed E-state index contributed by atoms with van der Waals surface area (Å²) in [7, 11) is -0.833. The summed E-state index contributed by atoms with van der Waals surface area (Å²) in [4.78, 5) is 6.99. The van der Waals surface area contributed by atoms with E-state index in [1.54, 1.807) is 0 Å². The molecule has 0 spiro atoms. The van der Waals surface area contributed by atoms with E-state index in [-0.39, 0.29) is 41.1 Å². The van der Waals surface area contributed by atoms with Gasteiger partial charge < -0.3 is 19.7 Å². The molecule has 0 aliphatic rings.